The van der Waals surface area contributed by atoms with E-state index in [1.54, 1.807) is 18.3 Å². The number of halogens is 1. The van der Waals surface area contributed by atoms with Crippen LogP contribution in [0.25, 0.3) is 0 Å². The molecular weight excluding hydrogens is 307 g/mol. The summed E-state index contributed by atoms with van der Waals surface area (Å²) >= 11 is 0. The molecule has 1 amide bonds. The van der Waals surface area contributed by atoms with E-state index in [4.69, 9.17) is 0 Å². The number of aryl methyl sites for hydroxylation is 1. The predicted octanol–water partition coefficient (Wildman–Crippen LogP) is 2.89. The summed E-state index contributed by atoms with van der Waals surface area (Å²) in [5, 5.41) is 3.91. The Balaban J connectivity index is 1.71. The monoisotopic (exact) mass is 326 g/mol. The summed E-state index contributed by atoms with van der Waals surface area (Å²) in [6, 6.07) is 6.62. The number of hydrogen-bond acceptors (Lipinski definition) is 4. The van der Waals surface area contributed by atoms with Gasteiger partial charge >= 0.3 is 0 Å². The number of pyridine rings is 1. The molecule has 1 aromatic heterocycles. The van der Waals surface area contributed by atoms with Crippen LogP contribution in [0.2, 0.25) is 0 Å². The molecule has 124 valence electrons. The fourth-order valence-electron chi connectivity index (χ4n) is 2.74. The molecule has 2 aromatic rings. The summed E-state index contributed by atoms with van der Waals surface area (Å²) in [5.41, 5.74) is 5.04. The molecule has 5 nitrogen and oxygen atoms in total. The Kier molecular flexibility index (Phi) is 4.84. The highest BCUT2D eigenvalue weighted by Crippen LogP contribution is 2.26. The van der Waals surface area contributed by atoms with Crippen LogP contribution in [0.4, 0.5) is 10.1 Å². The predicted molar refractivity (Wildman–Crippen MR) is 91.9 cm³/mol. The molecule has 0 atom stereocenters. The van der Waals surface area contributed by atoms with Crippen molar-refractivity contribution in [1.29, 1.82) is 0 Å². The summed E-state index contributed by atoms with van der Waals surface area (Å²) in [5.74, 6) is -0.617. The molecule has 1 saturated heterocycles. The number of carbonyl (C=O) groups excluding carboxylic acids is 1. The molecule has 6 heteroatoms. The Morgan fingerprint density at radius 2 is 2.17 bits per heavy atom. The van der Waals surface area contributed by atoms with E-state index in [0.29, 0.717) is 16.8 Å². The van der Waals surface area contributed by atoms with E-state index in [1.807, 2.05) is 13.0 Å². The zero-order valence-electron chi connectivity index (χ0n) is 13.5. The van der Waals surface area contributed by atoms with Crippen LogP contribution in [0.15, 0.2) is 41.8 Å². The van der Waals surface area contributed by atoms with Gasteiger partial charge in [0, 0.05) is 31.0 Å². The van der Waals surface area contributed by atoms with E-state index in [9.17, 15) is 9.18 Å². The molecule has 1 N–H and O–H groups in total. The van der Waals surface area contributed by atoms with E-state index in [-0.39, 0.29) is 11.7 Å². The first-order chi connectivity index (χ1) is 11.6. The minimum Gasteiger partial charge on any atom is -0.369 e. The number of carbonyl (C=O) groups is 1. The normalized spacial score (nSPS) is 14.3. The highest BCUT2D eigenvalue weighted by atomic mass is 19.1. The van der Waals surface area contributed by atoms with Crippen molar-refractivity contribution >= 4 is 17.8 Å². The van der Waals surface area contributed by atoms with Crippen LogP contribution in [0.5, 0.6) is 0 Å². The van der Waals surface area contributed by atoms with E-state index in [1.165, 1.54) is 18.5 Å². The molecule has 0 spiro atoms. The summed E-state index contributed by atoms with van der Waals surface area (Å²) in [4.78, 5) is 17.8. The summed E-state index contributed by atoms with van der Waals surface area (Å²) in [6.45, 7) is 3.69. The molecule has 0 radical (unpaired) electrons. The number of nitrogens with zero attached hydrogens (tertiary/aromatic N) is 3. The minimum atomic E-state index is -0.355. The molecule has 0 aliphatic carbocycles. The van der Waals surface area contributed by atoms with Gasteiger partial charge in [0.15, 0.2) is 0 Å². The first-order valence-corrected chi connectivity index (χ1v) is 7.93. The number of anilines is 1. The average Bonchev–Trinajstić information content (AvgIpc) is 3.12. The summed E-state index contributed by atoms with van der Waals surface area (Å²) in [7, 11) is 0. The van der Waals surface area contributed by atoms with Crippen LogP contribution < -0.4 is 10.3 Å². The maximum absolute atomic E-state index is 14.3. The van der Waals surface area contributed by atoms with Gasteiger partial charge in [-0.2, -0.15) is 5.10 Å². The van der Waals surface area contributed by atoms with Crippen molar-refractivity contribution in [2.24, 2.45) is 5.10 Å². The molecule has 1 fully saturated rings. The second-order valence-electron chi connectivity index (χ2n) is 5.80. The van der Waals surface area contributed by atoms with Gasteiger partial charge in [0.05, 0.1) is 17.5 Å². The fourth-order valence-corrected chi connectivity index (χ4v) is 2.74. The van der Waals surface area contributed by atoms with Crippen molar-refractivity contribution in [3.05, 3.63) is 59.2 Å². The van der Waals surface area contributed by atoms with Gasteiger partial charge in [-0.15, -0.1) is 0 Å². The molecule has 1 aliphatic rings. The number of rotatable bonds is 4. The zero-order chi connectivity index (χ0) is 16.9. The van der Waals surface area contributed by atoms with E-state index in [0.717, 1.165) is 31.5 Å². The van der Waals surface area contributed by atoms with E-state index in [2.05, 4.69) is 20.4 Å². The lowest BCUT2D eigenvalue weighted by Gasteiger charge is -2.19. The first kappa shape index (κ1) is 16.1. The summed E-state index contributed by atoms with van der Waals surface area (Å²) in [6.07, 6.45) is 6.71. The van der Waals surface area contributed by atoms with Crippen LogP contribution >= 0.6 is 0 Å². The third kappa shape index (κ3) is 3.59. The first-order valence-electron chi connectivity index (χ1n) is 7.93. The molecule has 24 heavy (non-hydrogen) atoms. The number of benzene rings is 1. The van der Waals surface area contributed by atoms with Gasteiger partial charge in [0.2, 0.25) is 0 Å². The Morgan fingerprint density at radius 1 is 1.38 bits per heavy atom. The third-order valence-corrected chi connectivity index (χ3v) is 4.08. The van der Waals surface area contributed by atoms with Crippen LogP contribution in [-0.4, -0.2) is 30.2 Å². The van der Waals surface area contributed by atoms with Crippen LogP contribution in [-0.2, 0) is 0 Å². The maximum atomic E-state index is 14.3. The Hall–Kier alpha value is -2.76. The van der Waals surface area contributed by atoms with Crippen molar-refractivity contribution in [1.82, 2.24) is 10.4 Å². The highest BCUT2D eigenvalue weighted by Gasteiger charge is 2.17. The van der Waals surface area contributed by atoms with Crippen LogP contribution in [0.1, 0.15) is 34.3 Å². The summed E-state index contributed by atoms with van der Waals surface area (Å²) < 4.78 is 14.3. The Morgan fingerprint density at radius 3 is 2.88 bits per heavy atom. The zero-order valence-corrected chi connectivity index (χ0v) is 13.5. The van der Waals surface area contributed by atoms with Crippen molar-refractivity contribution in [2.75, 3.05) is 18.0 Å². The minimum absolute atomic E-state index is 0.262. The average molecular weight is 326 g/mol. The molecule has 2 heterocycles. The molecular formula is C18H19FN4O. The molecule has 1 aliphatic heterocycles. The lowest BCUT2D eigenvalue weighted by atomic mass is 10.1. The largest absolute Gasteiger partial charge is 0.369 e. The van der Waals surface area contributed by atoms with Gasteiger partial charge in [0.1, 0.15) is 5.82 Å². The quantitative estimate of drug-likeness (QED) is 0.694. The van der Waals surface area contributed by atoms with Gasteiger partial charge in [-0.25, -0.2) is 9.82 Å². The van der Waals surface area contributed by atoms with Crippen molar-refractivity contribution in [3.63, 3.8) is 0 Å². The third-order valence-electron chi connectivity index (χ3n) is 4.08. The van der Waals surface area contributed by atoms with E-state index < -0.39 is 0 Å². The standard InChI is InChI=1S/C18H19FN4O/c1-13-9-17(23-7-2-3-8-23)16(19)10-15(13)12-21-22-18(24)14-5-4-6-20-11-14/h4-6,9-12H,2-3,7-8H2,1H3,(H,22,24). The lowest BCUT2D eigenvalue weighted by molar-refractivity contribution is 0.0955. The van der Waals surface area contributed by atoms with Gasteiger partial charge in [-0.3, -0.25) is 9.78 Å². The number of hydrazone groups is 1. The topological polar surface area (TPSA) is 57.6 Å². The van der Waals surface area contributed by atoms with Crippen LogP contribution in [0, 0.1) is 12.7 Å². The van der Waals surface area contributed by atoms with Gasteiger partial charge in [0.25, 0.3) is 5.91 Å². The smallest absolute Gasteiger partial charge is 0.272 e. The molecule has 3 rings (SSSR count). The highest BCUT2D eigenvalue weighted by molar-refractivity contribution is 5.94. The molecule has 0 saturated carbocycles. The molecule has 0 unspecified atom stereocenters. The van der Waals surface area contributed by atoms with Gasteiger partial charge in [-0.1, -0.05) is 0 Å². The van der Waals surface area contributed by atoms with Crippen LogP contribution in [0.3, 0.4) is 0 Å². The number of nitrogens with one attached hydrogen (secondary N) is 1. The SMILES string of the molecule is Cc1cc(N2CCCC2)c(F)cc1C=NNC(=O)c1cccnc1. The maximum Gasteiger partial charge on any atom is 0.272 e. The Bertz CT molecular complexity index is 755. The number of aromatic nitrogens is 1. The number of hydrogen-bond donors (Lipinski definition) is 1. The van der Waals surface area contributed by atoms with Gasteiger partial charge < -0.3 is 4.90 Å². The second kappa shape index (κ2) is 7.21. The fraction of sp³-hybridized carbons (Fsp3) is 0.278. The van der Waals surface area contributed by atoms with Crippen molar-refractivity contribution in [3.8, 4) is 0 Å². The van der Waals surface area contributed by atoms with E-state index >= 15 is 0 Å². The molecule has 1 aromatic carbocycles. The molecule has 0 bridgehead atoms. The van der Waals surface area contributed by atoms with Gasteiger partial charge in [-0.05, 0) is 49.6 Å². The Labute approximate surface area is 140 Å². The van der Waals surface area contributed by atoms with Crippen molar-refractivity contribution < 1.29 is 9.18 Å². The van der Waals surface area contributed by atoms with Crippen molar-refractivity contribution in [2.45, 2.75) is 19.8 Å². The lowest BCUT2D eigenvalue weighted by Crippen LogP contribution is -2.19. The second-order valence-corrected chi connectivity index (χ2v) is 5.80. The number of amides is 1.